The molecule has 2 fully saturated rings. The number of carboxylic acids is 1. The van der Waals surface area contributed by atoms with Crippen LogP contribution in [-0.4, -0.2) is 35.2 Å². The van der Waals surface area contributed by atoms with E-state index in [2.05, 4.69) is 30.0 Å². The van der Waals surface area contributed by atoms with Gasteiger partial charge < -0.3 is 9.84 Å². The molecule has 1 aliphatic carbocycles. The Morgan fingerprint density at radius 3 is 2.45 bits per heavy atom. The minimum atomic E-state index is -0.686. The Labute approximate surface area is 184 Å². The van der Waals surface area contributed by atoms with E-state index >= 15 is 0 Å². The zero-order valence-electron chi connectivity index (χ0n) is 18.5. The number of fused-ring (bicyclic) bond motifs is 1. The number of alkyl halides is 1. The Morgan fingerprint density at radius 1 is 1.10 bits per heavy atom. The van der Waals surface area contributed by atoms with Crippen LogP contribution in [0.5, 0.6) is 5.75 Å². The van der Waals surface area contributed by atoms with Crippen molar-refractivity contribution in [2.24, 2.45) is 11.8 Å². The molecule has 0 spiro atoms. The number of carboxylic acid groups (broad SMARTS) is 1. The van der Waals surface area contributed by atoms with E-state index in [4.69, 9.17) is 4.74 Å². The van der Waals surface area contributed by atoms with Crippen molar-refractivity contribution in [1.82, 2.24) is 4.90 Å². The minimum absolute atomic E-state index is 0.185. The summed E-state index contributed by atoms with van der Waals surface area (Å²) >= 11 is 0. The smallest absolute Gasteiger partial charge is 0.306 e. The normalized spacial score (nSPS) is 23.2. The molecule has 1 aliphatic heterocycles. The molecule has 2 aromatic carbocycles. The van der Waals surface area contributed by atoms with Gasteiger partial charge in [-0.1, -0.05) is 31.5 Å². The van der Waals surface area contributed by atoms with Crippen molar-refractivity contribution >= 4 is 16.7 Å². The quantitative estimate of drug-likeness (QED) is 0.593. The van der Waals surface area contributed by atoms with Gasteiger partial charge in [0.2, 0.25) is 0 Å². The van der Waals surface area contributed by atoms with Gasteiger partial charge in [-0.2, -0.15) is 0 Å². The lowest BCUT2D eigenvalue weighted by molar-refractivity contribution is -0.143. The average molecular weight is 428 g/mol. The zero-order chi connectivity index (χ0) is 21.8. The number of hydrogen-bond acceptors (Lipinski definition) is 3. The van der Waals surface area contributed by atoms with Crippen LogP contribution < -0.4 is 4.74 Å². The van der Waals surface area contributed by atoms with Gasteiger partial charge in [0.1, 0.15) is 12.4 Å². The maximum Gasteiger partial charge on any atom is 0.306 e. The molecule has 1 N–H and O–H groups in total. The molecule has 2 aromatic rings. The standard InChI is InChI=1S/C26H34FNO3/c1-2-18-4-8-22(9-5-18)31-25-10-7-20-6-3-19(15-23(20)24(25)16-27)17-28-13-11-21(12-14-28)26(29)30/h3,6-7,10,15,18,21-22H,2,4-5,8-9,11-14,16-17H2,1H3,(H,29,30). The van der Waals surface area contributed by atoms with Gasteiger partial charge in [-0.15, -0.1) is 0 Å². The number of ether oxygens (including phenoxy) is 1. The molecular weight excluding hydrogens is 393 g/mol. The van der Waals surface area contributed by atoms with Gasteiger partial charge in [-0.25, -0.2) is 4.39 Å². The van der Waals surface area contributed by atoms with Crippen molar-refractivity contribution in [3.8, 4) is 5.75 Å². The maximum absolute atomic E-state index is 14.1. The number of rotatable bonds is 7. The number of hydrogen-bond donors (Lipinski definition) is 1. The number of halogens is 1. The zero-order valence-corrected chi connectivity index (χ0v) is 18.5. The van der Waals surface area contributed by atoms with Gasteiger partial charge in [0, 0.05) is 12.1 Å². The Morgan fingerprint density at radius 2 is 1.81 bits per heavy atom. The highest BCUT2D eigenvalue weighted by Crippen LogP contribution is 2.34. The molecule has 1 heterocycles. The third-order valence-corrected chi connectivity index (χ3v) is 7.30. The van der Waals surface area contributed by atoms with E-state index in [-0.39, 0.29) is 12.0 Å². The van der Waals surface area contributed by atoms with Crippen LogP contribution in [0.1, 0.15) is 63.0 Å². The molecule has 0 bridgehead atoms. The van der Waals surface area contributed by atoms with E-state index in [1.165, 1.54) is 19.3 Å². The minimum Gasteiger partial charge on any atom is -0.490 e. The summed E-state index contributed by atoms with van der Waals surface area (Å²) in [6.07, 6.45) is 7.29. The van der Waals surface area contributed by atoms with Crippen molar-refractivity contribution in [2.75, 3.05) is 13.1 Å². The van der Waals surface area contributed by atoms with Crippen molar-refractivity contribution in [3.63, 3.8) is 0 Å². The first-order valence-electron chi connectivity index (χ1n) is 11.8. The average Bonchev–Trinajstić information content (AvgIpc) is 2.80. The Hall–Kier alpha value is -2.14. The second-order valence-electron chi connectivity index (χ2n) is 9.29. The summed E-state index contributed by atoms with van der Waals surface area (Å²) < 4.78 is 20.4. The number of nitrogens with zero attached hydrogens (tertiary/aromatic N) is 1. The monoisotopic (exact) mass is 427 g/mol. The summed E-state index contributed by atoms with van der Waals surface area (Å²) in [4.78, 5) is 13.5. The van der Waals surface area contributed by atoms with Gasteiger partial charge in [0.15, 0.2) is 0 Å². The van der Waals surface area contributed by atoms with Crippen molar-refractivity contribution < 1.29 is 19.0 Å². The summed E-state index contributed by atoms with van der Waals surface area (Å²) in [7, 11) is 0. The van der Waals surface area contributed by atoms with E-state index in [0.29, 0.717) is 24.2 Å². The second kappa shape index (κ2) is 9.99. The van der Waals surface area contributed by atoms with E-state index in [0.717, 1.165) is 54.7 Å². The Kier molecular flexibility index (Phi) is 7.11. The summed E-state index contributed by atoms with van der Waals surface area (Å²) in [6, 6.07) is 10.2. The molecule has 2 aliphatic rings. The van der Waals surface area contributed by atoms with E-state index in [1.54, 1.807) is 0 Å². The second-order valence-corrected chi connectivity index (χ2v) is 9.29. The first-order chi connectivity index (χ1) is 15.1. The van der Waals surface area contributed by atoms with Crippen molar-refractivity contribution in [2.45, 2.75) is 71.2 Å². The lowest BCUT2D eigenvalue weighted by atomic mass is 9.86. The van der Waals surface area contributed by atoms with Gasteiger partial charge in [-0.05, 0) is 86.0 Å². The molecule has 5 heteroatoms. The Balaban J connectivity index is 1.48. The highest BCUT2D eigenvalue weighted by molar-refractivity contribution is 5.88. The fraction of sp³-hybridized carbons (Fsp3) is 0.577. The molecule has 31 heavy (non-hydrogen) atoms. The van der Waals surface area contributed by atoms with Crippen LogP contribution >= 0.6 is 0 Å². The van der Waals surface area contributed by atoms with E-state index in [1.807, 2.05) is 12.1 Å². The summed E-state index contributed by atoms with van der Waals surface area (Å²) in [5.74, 6) is 0.585. The topological polar surface area (TPSA) is 49.8 Å². The number of likely N-dealkylation sites (tertiary alicyclic amines) is 1. The number of aliphatic carboxylic acids is 1. The van der Waals surface area contributed by atoms with E-state index < -0.39 is 12.6 Å². The third-order valence-electron chi connectivity index (χ3n) is 7.30. The molecule has 1 saturated heterocycles. The molecule has 0 atom stereocenters. The number of benzene rings is 2. The maximum atomic E-state index is 14.1. The molecule has 168 valence electrons. The Bertz CT molecular complexity index is 899. The highest BCUT2D eigenvalue weighted by atomic mass is 19.1. The molecule has 4 nitrogen and oxygen atoms in total. The summed E-state index contributed by atoms with van der Waals surface area (Å²) in [6.45, 7) is 4.05. The van der Waals surface area contributed by atoms with Crippen molar-refractivity contribution in [3.05, 3.63) is 41.5 Å². The largest absolute Gasteiger partial charge is 0.490 e. The van der Waals surface area contributed by atoms with Crippen LogP contribution in [0.15, 0.2) is 30.3 Å². The molecule has 0 radical (unpaired) electrons. The third kappa shape index (κ3) is 5.20. The molecule has 0 amide bonds. The van der Waals surface area contributed by atoms with Crippen molar-refractivity contribution in [1.29, 1.82) is 0 Å². The molecule has 4 rings (SSSR count). The van der Waals surface area contributed by atoms with Crippen LogP contribution in [0.3, 0.4) is 0 Å². The van der Waals surface area contributed by atoms with Crippen LogP contribution in [0.25, 0.3) is 10.8 Å². The van der Waals surface area contributed by atoms with Crippen LogP contribution in [0.2, 0.25) is 0 Å². The van der Waals surface area contributed by atoms with E-state index in [9.17, 15) is 14.3 Å². The first kappa shape index (κ1) is 22.1. The van der Waals surface area contributed by atoms with Crippen LogP contribution in [0, 0.1) is 11.8 Å². The SMILES string of the molecule is CCC1CCC(Oc2ccc3ccc(CN4CCC(C(=O)O)CC4)cc3c2CF)CC1. The summed E-state index contributed by atoms with van der Waals surface area (Å²) in [5.41, 5.74) is 1.79. The molecule has 0 unspecified atom stereocenters. The van der Waals surface area contributed by atoms with Gasteiger partial charge in [0.25, 0.3) is 0 Å². The molecule has 1 saturated carbocycles. The van der Waals surface area contributed by atoms with Gasteiger partial charge in [0.05, 0.1) is 12.0 Å². The predicted octanol–water partition coefficient (Wildman–Crippen LogP) is 5.95. The fourth-order valence-corrected chi connectivity index (χ4v) is 5.19. The van der Waals surface area contributed by atoms with Gasteiger partial charge >= 0.3 is 5.97 Å². The van der Waals surface area contributed by atoms with Crippen LogP contribution in [-0.2, 0) is 18.0 Å². The summed E-state index contributed by atoms with van der Waals surface area (Å²) in [5, 5.41) is 11.2. The predicted molar refractivity (Wildman–Crippen MR) is 121 cm³/mol. The highest BCUT2D eigenvalue weighted by Gasteiger charge is 2.25. The molecule has 0 aromatic heterocycles. The lowest BCUT2D eigenvalue weighted by Gasteiger charge is -2.30. The number of carbonyl (C=O) groups is 1. The fourth-order valence-electron chi connectivity index (χ4n) is 5.19. The number of piperidine rings is 1. The van der Waals surface area contributed by atoms with Gasteiger partial charge in [-0.3, -0.25) is 9.69 Å². The molecular formula is C26H34FNO3. The first-order valence-corrected chi connectivity index (χ1v) is 11.8. The van der Waals surface area contributed by atoms with Crippen LogP contribution in [0.4, 0.5) is 4.39 Å². The lowest BCUT2D eigenvalue weighted by Crippen LogP contribution is -2.35.